The van der Waals surface area contributed by atoms with Crippen molar-refractivity contribution in [2.24, 2.45) is 5.92 Å². The van der Waals surface area contributed by atoms with E-state index in [1.807, 2.05) is 30.3 Å². The summed E-state index contributed by atoms with van der Waals surface area (Å²) in [4.78, 5) is 34.9. The van der Waals surface area contributed by atoms with E-state index in [0.29, 0.717) is 24.7 Å². The van der Waals surface area contributed by atoms with Crippen LogP contribution in [0.2, 0.25) is 0 Å². The molecule has 1 aromatic heterocycles. The zero-order chi connectivity index (χ0) is 21.5. The molecule has 1 aliphatic rings. The Morgan fingerprint density at radius 2 is 1.71 bits per heavy atom. The van der Waals surface area contributed by atoms with Crippen LogP contribution in [0.4, 0.5) is 0 Å². The topological polar surface area (TPSA) is 72.4 Å². The van der Waals surface area contributed by atoms with Gasteiger partial charge in [0, 0.05) is 19.2 Å². The summed E-state index contributed by atoms with van der Waals surface area (Å²) in [6, 6.07) is 18.0. The molecule has 158 valence electrons. The normalized spacial score (nSPS) is 14.8. The molecule has 0 N–H and O–H groups in total. The smallest absolute Gasteiger partial charge is 0.331 e. The van der Waals surface area contributed by atoms with Crippen LogP contribution in [0.15, 0.2) is 66.9 Å². The molecule has 4 rings (SSSR count). The Balaban J connectivity index is 1.21. The summed E-state index contributed by atoms with van der Waals surface area (Å²) in [6.07, 6.45) is 7.39. The van der Waals surface area contributed by atoms with E-state index in [2.05, 4.69) is 34.2 Å². The Labute approximate surface area is 181 Å². The van der Waals surface area contributed by atoms with E-state index in [9.17, 15) is 9.59 Å². The van der Waals surface area contributed by atoms with Gasteiger partial charge in [-0.3, -0.25) is 9.78 Å². The number of para-hydroxylation sites is 2. The zero-order valence-corrected chi connectivity index (χ0v) is 17.3. The number of carbonyl (C=O) groups excluding carboxylic acids is 2. The van der Waals surface area contributed by atoms with Crippen LogP contribution < -0.4 is 0 Å². The van der Waals surface area contributed by atoms with Gasteiger partial charge in [-0.1, -0.05) is 42.5 Å². The second-order valence-electron chi connectivity index (χ2n) is 7.74. The third-order valence-electron chi connectivity index (χ3n) is 5.53. The highest BCUT2D eigenvalue weighted by atomic mass is 16.5. The predicted octanol–water partition coefficient (Wildman–Crippen LogP) is 3.67. The lowest BCUT2D eigenvalue weighted by Crippen LogP contribution is -2.41. The maximum absolute atomic E-state index is 12.4. The number of nitrogens with zero attached hydrogens (tertiary/aromatic N) is 3. The Morgan fingerprint density at radius 1 is 1.00 bits per heavy atom. The van der Waals surface area contributed by atoms with Crippen molar-refractivity contribution < 1.29 is 14.3 Å². The molecule has 6 nitrogen and oxygen atoms in total. The van der Waals surface area contributed by atoms with Crippen LogP contribution in [-0.2, 0) is 20.7 Å². The van der Waals surface area contributed by atoms with Crippen molar-refractivity contribution in [2.45, 2.75) is 19.3 Å². The number of benzene rings is 2. The molecule has 31 heavy (non-hydrogen) atoms. The van der Waals surface area contributed by atoms with Crippen molar-refractivity contribution in [3.8, 4) is 0 Å². The minimum absolute atomic E-state index is 0.148. The number of likely N-dealkylation sites (tertiary alicyclic amines) is 1. The molecule has 0 bridgehead atoms. The maximum atomic E-state index is 12.4. The SMILES string of the molecule is O=C(C=Cc1cnc2ccccc2n1)OCC(=O)N1CCC(Cc2ccccc2)CC1. The molecular formula is C25H25N3O3. The number of ether oxygens (including phenoxy) is 1. The summed E-state index contributed by atoms with van der Waals surface area (Å²) in [5, 5.41) is 0. The van der Waals surface area contributed by atoms with Gasteiger partial charge in [-0.15, -0.1) is 0 Å². The quantitative estimate of drug-likeness (QED) is 0.454. The number of hydrogen-bond acceptors (Lipinski definition) is 5. The number of esters is 1. The van der Waals surface area contributed by atoms with Crippen LogP contribution >= 0.6 is 0 Å². The molecule has 3 aromatic rings. The zero-order valence-electron chi connectivity index (χ0n) is 17.3. The van der Waals surface area contributed by atoms with Gasteiger partial charge in [0.15, 0.2) is 6.61 Å². The number of hydrogen-bond donors (Lipinski definition) is 0. The van der Waals surface area contributed by atoms with Gasteiger partial charge in [-0.25, -0.2) is 9.78 Å². The third kappa shape index (κ3) is 5.75. The molecule has 0 unspecified atom stereocenters. The van der Waals surface area contributed by atoms with Gasteiger partial charge in [0.05, 0.1) is 22.9 Å². The molecular weight excluding hydrogens is 390 g/mol. The van der Waals surface area contributed by atoms with Gasteiger partial charge in [0.2, 0.25) is 0 Å². The number of aromatic nitrogens is 2. The van der Waals surface area contributed by atoms with Crippen molar-refractivity contribution in [1.29, 1.82) is 0 Å². The number of rotatable bonds is 6. The second-order valence-corrected chi connectivity index (χ2v) is 7.74. The van der Waals surface area contributed by atoms with E-state index >= 15 is 0 Å². The molecule has 1 amide bonds. The van der Waals surface area contributed by atoms with Gasteiger partial charge in [-0.2, -0.15) is 0 Å². The molecule has 1 saturated heterocycles. The second kappa shape index (κ2) is 9.98. The first-order valence-corrected chi connectivity index (χ1v) is 10.6. The Morgan fingerprint density at radius 3 is 2.48 bits per heavy atom. The van der Waals surface area contributed by atoms with Gasteiger partial charge in [0.25, 0.3) is 5.91 Å². The molecule has 2 heterocycles. The Kier molecular flexibility index (Phi) is 6.67. The number of amides is 1. The highest BCUT2D eigenvalue weighted by Gasteiger charge is 2.23. The highest BCUT2D eigenvalue weighted by Crippen LogP contribution is 2.21. The standard InChI is InChI=1S/C25H25N3O3/c29-24(28-14-12-20(13-15-28)16-19-6-2-1-3-7-19)18-31-25(30)11-10-21-17-26-22-8-4-5-9-23(22)27-21/h1-11,17,20H,12-16,18H2. The molecule has 0 spiro atoms. The fourth-order valence-corrected chi connectivity index (χ4v) is 3.81. The number of fused-ring (bicyclic) bond motifs is 1. The van der Waals surface area contributed by atoms with Crippen molar-refractivity contribution in [3.63, 3.8) is 0 Å². The van der Waals surface area contributed by atoms with Crippen LogP contribution in [-0.4, -0.2) is 46.4 Å². The maximum Gasteiger partial charge on any atom is 0.331 e. The van der Waals surface area contributed by atoms with Gasteiger partial charge in [-0.05, 0) is 49.0 Å². The highest BCUT2D eigenvalue weighted by molar-refractivity contribution is 5.89. The first kappa shape index (κ1) is 20.7. The van der Waals surface area contributed by atoms with Crippen molar-refractivity contribution in [2.75, 3.05) is 19.7 Å². The van der Waals surface area contributed by atoms with E-state index in [-0.39, 0.29) is 12.5 Å². The average Bonchev–Trinajstić information content (AvgIpc) is 2.82. The molecule has 0 saturated carbocycles. The van der Waals surface area contributed by atoms with Gasteiger partial charge in [0.1, 0.15) is 0 Å². The van der Waals surface area contributed by atoms with Crippen LogP contribution in [0, 0.1) is 5.92 Å². The Hall–Kier alpha value is -3.54. The molecule has 0 aliphatic carbocycles. The number of piperidine rings is 1. The van der Waals surface area contributed by atoms with Crippen LogP contribution in [0.1, 0.15) is 24.1 Å². The van der Waals surface area contributed by atoms with Crippen molar-refractivity contribution in [1.82, 2.24) is 14.9 Å². The first-order chi connectivity index (χ1) is 15.2. The fourth-order valence-electron chi connectivity index (χ4n) is 3.81. The average molecular weight is 415 g/mol. The summed E-state index contributed by atoms with van der Waals surface area (Å²) in [5.41, 5.74) is 3.44. The Bertz CT molecular complexity index is 1070. The largest absolute Gasteiger partial charge is 0.452 e. The summed E-state index contributed by atoms with van der Waals surface area (Å²) in [6.45, 7) is 1.17. The van der Waals surface area contributed by atoms with E-state index in [1.54, 1.807) is 17.2 Å². The molecule has 2 aromatic carbocycles. The molecule has 1 fully saturated rings. The van der Waals surface area contributed by atoms with Crippen molar-refractivity contribution >= 4 is 29.0 Å². The van der Waals surface area contributed by atoms with Gasteiger partial charge < -0.3 is 9.64 Å². The molecule has 0 atom stereocenters. The van der Waals surface area contributed by atoms with E-state index < -0.39 is 5.97 Å². The summed E-state index contributed by atoms with van der Waals surface area (Å²) in [5.74, 6) is -0.132. The fraction of sp³-hybridized carbons (Fsp3) is 0.280. The summed E-state index contributed by atoms with van der Waals surface area (Å²) >= 11 is 0. The first-order valence-electron chi connectivity index (χ1n) is 10.6. The molecule has 0 radical (unpaired) electrons. The van der Waals surface area contributed by atoms with Gasteiger partial charge >= 0.3 is 5.97 Å². The van der Waals surface area contributed by atoms with Crippen LogP contribution in [0.5, 0.6) is 0 Å². The van der Waals surface area contributed by atoms with E-state index in [0.717, 1.165) is 30.3 Å². The van der Waals surface area contributed by atoms with Crippen LogP contribution in [0.25, 0.3) is 17.1 Å². The molecule has 1 aliphatic heterocycles. The third-order valence-corrected chi connectivity index (χ3v) is 5.53. The lowest BCUT2D eigenvalue weighted by Gasteiger charge is -2.32. The molecule has 6 heteroatoms. The lowest BCUT2D eigenvalue weighted by molar-refractivity contribution is -0.148. The van der Waals surface area contributed by atoms with Crippen LogP contribution in [0.3, 0.4) is 0 Å². The summed E-state index contributed by atoms with van der Waals surface area (Å²) < 4.78 is 5.12. The monoisotopic (exact) mass is 415 g/mol. The minimum atomic E-state index is -0.567. The van der Waals surface area contributed by atoms with E-state index in [1.165, 1.54) is 11.6 Å². The van der Waals surface area contributed by atoms with Crippen molar-refractivity contribution in [3.05, 3.63) is 78.1 Å². The minimum Gasteiger partial charge on any atom is -0.452 e. The van der Waals surface area contributed by atoms with E-state index in [4.69, 9.17) is 4.74 Å². The predicted molar refractivity (Wildman–Crippen MR) is 119 cm³/mol. The lowest BCUT2D eigenvalue weighted by atomic mass is 9.90. The summed E-state index contributed by atoms with van der Waals surface area (Å²) in [7, 11) is 0. The number of carbonyl (C=O) groups is 2.